The molecule has 0 N–H and O–H groups in total. The summed E-state index contributed by atoms with van der Waals surface area (Å²) >= 11 is 3.59. The van der Waals surface area contributed by atoms with Crippen LogP contribution < -0.4 is 0 Å². The summed E-state index contributed by atoms with van der Waals surface area (Å²) in [6, 6.07) is 14.6. The van der Waals surface area contributed by atoms with Gasteiger partial charge in [0.15, 0.2) is 0 Å². The molecule has 0 amide bonds. The molecule has 1 aromatic heterocycles. The fraction of sp³-hybridized carbons (Fsp3) is 0.300. The number of benzene rings is 2. The fourth-order valence-corrected chi connectivity index (χ4v) is 5.24. The molecule has 0 atom stereocenters. The molecule has 1 saturated heterocycles. The van der Waals surface area contributed by atoms with Crippen molar-refractivity contribution in [3.8, 4) is 0 Å². The van der Waals surface area contributed by atoms with Crippen LogP contribution in [0.15, 0.2) is 64.1 Å². The van der Waals surface area contributed by atoms with Crippen molar-refractivity contribution in [2.24, 2.45) is 0 Å². The highest BCUT2D eigenvalue weighted by atomic mass is 79.9. The molecule has 1 fully saturated rings. The number of rotatable bonds is 4. The van der Waals surface area contributed by atoms with Crippen LogP contribution in [0.25, 0.3) is 10.9 Å². The Balaban J connectivity index is 1.67. The molecule has 27 heavy (non-hydrogen) atoms. The topological polar surface area (TPSA) is 45.6 Å². The van der Waals surface area contributed by atoms with Crippen LogP contribution in [-0.4, -0.2) is 55.4 Å². The first-order chi connectivity index (χ1) is 12.9. The summed E-state index contributed by atoms with van der Waals surface area (Å²) in [6.07, 6.45) is 1.63. The van der Waals surface area contributed by atoms with Crippen LogP contribution in [0.2, 0.25) is 0 Å². The van der Waals surface area contributed by atoms with Crippen LogP contribution in [0.5, 0.6) is 0 Å². The number of hydrogen-bond donors (Lipinski definition) is 0. The Labute approximate surface area is 168 Å². The fourth-order valence-electron chi connectivity index (χ4n) is 3.46. The zero-order valence-corrected chi connectivity index (χ0v) is 17.6. The Morgan fingerprint density at radius 2 is 1.74 bits per heavy atom. The zero-order chi connectivity index (χ0) is 19.0. The number of aromatic nitrogens is 1. The summed E-state index contributed by atoms with van der Waals surface area (Å²) in [5.41, 5.74) is 1.69. The molecule has 2 heterocycles. The van der Waals surface area contributed by atoms with Gasteiger partial charge in [0.05, 0.1) is 10.4 Å². The monoisotopic (exact) mass is 447 g/mol. The van der Waals surface area contributed by atoms with Gasteiger partial charge in [-0.3, -0.25) is 4.90 Å². The molecule has 4 rings (SSSR count). The minimum atomic E-state index is -3.64. The van der Waals surface area contributed by atoms with Crippen molar-refractivity contribution in [1.82, 2.24) is 13.8 Å². The summed E-state index contributed by atoms with van der Waals surface area (Å²) in [6.45, 7) is 4.78. The molecule has 5 nitrogen and oxygen atoms in total. The van der Waals surface area contributed by atoms with Gasteiger partial charge in [0.25, 0.3) is 10.0 Å². The summed E-state index contributed by atoms with van der Waals surface area (Å²) in [5.74, 6) is 0. The van der Waals surface area contributed by atoms with E-state index in [1.54, 1.807) is 18.3 Å². The minimum Gasteiger partial charge on any atom is -0.304 e. The molecule has 0 spiro atoms. The Hall–Kier alpha value is -1.67. The molecule has 0 saturated carbocycles. The van der Waals surface area contributed by atoms with Gasteiger partial charge in [-0.05, 0) is 42.9 Å². The molecule has 1 aliphatic rings. The van der Waals surface area contributed by atoms with Crippen molar-refractivity contribution in [2.45, 2.75) is 11.4 Å². The van der Waals surface area contributed by atoms with Crippen molar-refractivity contribution in [2.75, 3.05) is 33.2 Å². The highest BCUT2D eigenvalue weighted by molar-refractivity contribution is 9.10. The lowest BCUT2D eigenvalue weighted by Gasteiger charge is -2.32. The van der Waals surface area contributed by atoms with Gasteiger partial charge in [-0.1, -0.05) is 34.1 Å². The maximum Gasteiger partial charge on any atom is 0.268 e. The third-order valence-corrected chi connectivity index (χ3v) is 7.59. The molecule has 0 aliphatic carbocycles. The number of piperazine rings is 1. The van der Waals surface area contributed by atoms with Gasteiger partial charge in [-0.15, -0.1) is 0 Å². The predicted molar refractivity (Wildman–Crippen MR) is 111 cm³/mol. The van der Waals surface area contributed by atoms with Crippen molar-refractivity contribution in [3.63, 3.8) is 0 Å². The van der Waals surface area contributed by atoms with E-state index in [9.17, 15) is 8.42 Å². The summed E-state index contributed by atoms with van der Waals surface area (Å²) < 4.78 is 28.8. The molecular weight excluding hydrogens is 426 g/mol. The largest absolute Gasteiger partial charge is 0.304 e. The van der Waals surface area contributed by atoms with Gasteiger partial charge in [-0.25, -0.2) is 12.4 Å². The first-order valence-corrected chi connectivity index (χ1v) is 11.2. The number of hydrogen-bond acceptors (Lipinski definition) is 4. The first-order valence-electron chi connectivity index (χ1n) is 8.96. The number of para-hydroxylation sites is 1. The summed E-state index contributed by atoms with van der Waals surface area (Å²) in [5, 5.41) is 0.913. The van der Waals surface area contributed by atoms with Gasteiger partial charge in [-0.2, -0.15) is 0 Å². The predicted octanol–water partition coefficient (Wildman–Crippen LogP) is 3.39. The Morgan fingerprint density at radius 1 is 1.00 bits per heavy atom. The van der Waals surface area contributed by atoms with Gasteiger partial charge in [0.1, 0.15) is 0 Å². The molecule has 1 aliphatic heterocycles. The SMILES string of the molecule is CN1CCN(Cc2cc(S(=O)(=O)n3ccc4ccccc43)ccc2Br)CC1. The second-order valence-corrected chi connectivity index (χ2v) is 9.68. The maximum absolute atomic E-state index is 13.2. The molecule has 142 valence electrons. The lowest BCUT2D eigenvalue weighted by atomic mass is 10.2. The van der Waals surface area contributed by atoms with E-state index in [0.717, 1.165) is 48.1 Å². The van der Waals surface area contributed by atoms with Crippen LogP contribution in [0.4, 0.5) is 0 Å². The molecule has 3 aromatic rings. The van der Waals surface area contributed by atoms with E-state index in [1.807, 2.05) is 36.4 Å². The van der Waals surface area contributed by atoms with Gasteiger partial charge >= 0.3 is 0 Å². The zero-order valence-electron chi connectivity index (χ0n) is 15.2. The number of fused-ring (bicyclic) bond motifs is 1. The Morgan fingerprint density at radius 3 is 2.52 bits per heavy atom. The Bertz CT molecular complexity index is 1070. The van der Waals surface area contributed by atoms with E-state index in [0.29, 0.717) is 10.4 Å². The van der Waals surface area contributed by atoms with Gasteiger partial charge in [0, 0.05) is 48.8 Å². The lowest BCUT2D eigenvalue weighted by molar-refractivity contribution is 0.148. The normalized spacial score (nSPS) is 16.8. The van der Waals surface area contributed by atoms with E-state index in [1.165, 1.54) is 3.97 Å². The van der Waals surface area contributed by atoms with E-state index in [-0.39, 0.29) is 0 Å². The van der Waals surface area contributed by atoms with Gasteiger partial charge < -0.3 is 4.90 Å². The quantitative estimate of drug-likeness (QED) is 0.614. The highest BCUT2D eigenvalue weighted by Crippen LogP contribution is 2.26. The first kappa shape index (κ1) is 18.7. The van der Waals surface area contributed by atoms with Crippen molar-refractivity contribution < 1.29 is 8.42 Å². The smallest absolute Gasteiger partial charge is 0.268 e. The molecule has 0 unspecified atom stereocenters. The molecule has 7 heteroatoms. The van der Waals surface area contributed by atoms with Crippen LogP contribution in [0.1, 0.15) is 5.56 Å². The number of halogens is 1. The van der Waals surface area contributed by atoms with E-state index in [4.69, 9.17) is 0 Å². The molecular formula is C20H22BrN3O2S. The van der Waals surface area contributed by atoms with Crippen LogP contribution in [0, 0.1) is 0 Å². The third-order valence-electron chi connectivity index (χ3n) is 5.13. The molecule has 2 aromatic carbocycles. The third kappa shape index (κ3) is 3.69. The second-order valence-electron chi connectivity index (χ2n) is 7.01. The standard InChI is InChI=1S/C20H22BrN3O2S/c1-22-10-12-23(13-11-22)15-17-14-18(6-7-19(17)21)27(25,26)24-9-8-16-4-2-3-5-20(16)24/h2-9,14H,10-13,15H2,1H3. The minimum absolute atomic E-state index is 0.316. The van der Waals surface area contributed by atoms with E-state index >= 15 is 0 Å². The lowest BCUT2D eigenvalue weighted by Crippen LogP contribution is -2.43. The number of nitrogens with zero attached hydrogens (tertiary/aromatic N) is 3. The molecule has 0 radical (unpaired) electrons. The van der Waals surface area contributed by atoms with Crippen LogP contribution in [-0.2, 0) is 16.6 Å². The second kappa shape index (κ2) is 7.39. The van der Waals surface area contributed by atoms with Crippen molar-refractivity contribution in [1.29, 1.82) is 0 Å². The van der Waals surface area contributed by atoms with Crippen molar-refractivity contribution >= 4 is 36.9 Å². The van der Waals surface area contributed by atoms with Gasteiger partial charge in [0.2, 0.25) is 0 Å². The average Bonchev–Trinajstić information content (AvgIpc) is 3.10. The number of likely N-dealkylation sites (N-methyl/N-ethyl adjacent to an activating group) is 1. The maximum atomic E-state index is 13.2. The Kier molecular flexibility index (Phi) is 5.11. The van der Waals surface area contributed by atoms with E-state index in [2.05, 4.69) is 32.8 Å². The average molecular weight is 448 g/mol. The highest BCUT2D eigenvalue weighted by Gasteiger charge is 2.21. The molecule has 0 bridgehead atoms. The van der Waals surface area contributed by atoms with Crippen LogP contribution in [0.3, 0.4) is 0 Å². The summed E-state index contributed by atoms with van der Waals surface area (Å²) in [4.78, 5) is 4.99. The summed E-state index contributed by atoms with van der Waals surface area (Å²) in [7, 11) is -1.52. The van der Waals surface area contributed by atoms with E-state index < -0.39 is 10.0 Å². The van der Waals surface area contributed by atoms with Crippen LogP contribution >= 0.6 is 15.9 Å². The van der Waals surface area contributed by atoms with Crippen molar-refractivity contribution in [3.05, 3.63) is 64.8 Å².